The average molecular weight is 408 g/mol. The van der Waals surface area contributed by atoms with Gasteiger partial charge in [0.1, 0.15) is 11.1 Å². The predicted octanol–water partition coefficient (Wildman–Crippen LogP) is 3.62. The summed E-state index contributed by atoms with van der Waals surface area (Å²) in [5, 5.41) is 27.8. The zero-order valence-corrected chi connectivity index (χ0v) is 16.6. The van der Waals surface area contributed by atoms with Crippen LogP contribution in [-0.2, 0) is 0 Å². The van der Waals surface area contributed by atoms with E-state index in [0.29, 0.717) is 16.0 Å². The second kappa shape index (κ2) is 7.66. The fourth-order valence-electron chi connectivity index (χ4n) is 3.17. The molecule has 0 fully saturated rings. The highest BCUT2D eigenvalue weighted by molar-refractivity contribution is 7.99. The number of nitriles is 1. The quantitative estimate of drug-likeness (QED) is 0.542. The van der Waals surface area contributed by atoms with Crippen molar-refractivity contribution in [3.05, 3.63) is 60.1 Å². The molecule has 29 heavy (non-hydrogen) atoms. The number of rotatable bonds is 5. The molecule has 0 radical (unpaired) electrons. The van der Waals surface area contributed by atoms with Crippen LogP contribution in [0, 0.1) is 24.1 Å². The van der Waals surface area contributed by atoms with Crippen molar-refractivity contribution in [3.8, 4) is 17.2 Å². The first kappa shape index (κ1) is 19.1. The van der Waals surface area contributed by atoms with E-state index in [0.717, 1.165) is 28.6 Å². The third kappa shape index (κ3) is 3.37. The lowest BCUT2D eigenvalue weighted by atomic mass is 10.1. The number of aliphatic hydroxyl groups excluding tert-OH is 1. The van der Waals surface area contributed by atoms with Crippen LogP contribution in [0.25, 0.3) is 16.6 Å². The highest BCUT2D eigenvalue weighted by Crippen LogP contribution is 2.36. The number of nitrogens with zero attached hydrogens (tertiary/aromatic N) is 6. The van der Waals surface area contributed by atoms with Crippen molar-refractivity contribution in [3.63, 3.8) is 0 Å². The van der Waals surface area contributed by atoms with E-state index in [1.54, 1.807) is 15.4 Å². The Labute approximate surface area is 170 Å². The molecule has 1 N–H and O–H groups in total. The molecule has 4 rings (SSSR count). The SMILES string of the molecule is Cc1c(-c2cc(Sc3ncccc3F)c3c(C#N)cnn3c2)cnn1[C@H](C)CO. The topological polar surface area (TPSA) is 92.0 Å². The van der Waals surface area contributed by atoms with Crippen LogP contribution >= 0.6 is 11.8 Å². The zero-order chi connectivity index (χ0) is 20.5. The lowest BCUT2D eigenvalue weighted by Crippen LogP contribution is -2.12. The van der Waals surface area contributed by atoms with Gasteiger partial charge in [-0.05, 0) is 32.0 Å². The molecular formula is C20H17FN6OS. The second-order valence-electron chi connectivity index (χ2n) is 6.57. The molecule has 4 heterocycles. The zero-order valence-electron chi connectivity index (χ0n) is 15.7. The van der Waals surface area contributed by atoms with Crippen molar-refractivity contribution in [1.29, 1.82) is 5.26 Å². The molecule has 0 saturated carbocycles. The fourth-order valence-corrected chi connectivity index (χ4v) is 4.14. The van der Waals surface area contributed by atoms with Gasteiger partial charge in [-0.15, -0.1) is 0 Å². The van der Waals surface area contributed by atoms with E-state index in [1.807, 2.05) is 26.1 Å². The van der Waals surface area contributed by atoms with Crippen molar-refractivity contribution in [2.75, 3.05) is 6.61 Å². The van der Waals surface area contributed by atoms with Crippen molar-refractivity contribution in [2.45, 2.75) is 29.8 Å². The van der Waals surface area contributed by atoms with Crippen molar-refractivity contribution in [1.82, 2.24) is 24.4 Å². The van der Waals surface area contributed by atoms with E-state index in [9.17, 15) is 14.8 Å². The summed E-state index contributed by atoms with van der Waals surface area (Å²) in [6.45, 7) is 3.78. The van der Waals surface area contributed by atoms with Crippen molar-refractivity contribution < 1.29 is 9.50 Å². The molecule has 0 aromatic carbocycles. The number of hydrogen-bond acceptors (Lipinski definition) is 6. The molecule has 0 spiro atoms. The van der Waals surface area contributed by atoms with Gasteiger partial charge >= 0.3 is 0 Å². The van der Waals surface area contributed by atoms with Crippen molar-refractivity contribution >= 4 is 17.3 Å². The van der Waals surface area contributed by atoms with Crippen LogP contribution in [0.3, 0.4) is 0 Å². The Morgan fingerprint density at radius 2 is 2.17 bits per heavy atom. The summed E-state index contributed by atoms with van der Waals surface area (Å²) in [5.41, 5.74) is 3.57. The third-order valence-electron chi connectivity index (χ3n) is 4.67. The van der Waals surface area contributed by atoms with Crippen LogP contribution < -0.4 is 0 Å². The normalized spacial score (nSPS) is 12.2. The van der Waals surface area contributed by atoms with Gasteiger partial charge in [-0.3, -0.25) is 4.68 Å². The highest BCUT2D eigenvalue weighted by Gasteiger charge is 2.18. The molecule has 0 saturated heterocycles. The minimum atomic E-state index is -0.431. The van der Waals surface area contributed by atoms with Crippen LogP contribution in [0.15, 0.2) is 52.9 Å². The Balaban J connectivity index is 1.89. The molecule has 0 aliphatic carbocycles. The van der Waals surface area contributed by atoms with E-state index in [2.05, 4.69) is 21.3 Å². The van der Waals surface area contributed by atoms with Crippen molar-refractivity contribution in [2.24, 2.45) is 0 Å². The van der Waals surface area contributed by atoms with E-state index >= 15 is 0 Å². The smallest absolute Gasteiger partial charge is 0.155 e. The molecule has 4 aromatic heterocycles. The molecule has 7 nitrogen and oxygen atoms in total. The number of pyridine rings is 2. The minimum absolute atomic E-state index is 0.0221. The molecule has 9 heteroatoms. The average Bonchev–Trinajstić information content (AvgIpc) is 3.32. The molecule has 0 bridgehead atoms. The maximum atomic E-state index is 14.2. The molecular weight excluding hydrogens is 391 g/mol. The summed E-state index contributed by atoms with van der Waals surface area (Å²) < 4.78 is 17.6. The summed E-state index contributed by atoms with van der Waals surface area (Å²) in [7, 11) is 0. The molecule has 0 aliphatic heterocycles. The Morgan fingerprint density at radius 1 is 1.34 bits per heavy atom. The molecule has 0 aliphatic rings. The number of halogens is 1. The van der Waals surface area contributed by atoms with Crippen LogP contribution in [0.5, 0.6) is 0 Å². The maximum absolute atomic E-state index is 14.2. The van der Waals surface area contributed by atoms with Gasteiger partial charge < -0.3 is 5.11 Å². The predicted molar refractivity (Wildman–Crippen MR) is 106 cm³/mol. The van der Waals surface area contributed by atoms with E-state index in [1.165, 1.54) is 24.5 Å². The number of hydrogen-bond donors (Lipinski definition) is 1. The molecule has 146 valence electrons. The first-order valence-corrected chi connectivity index (χ1v) is 9.70. The largest absolute Gasteiger partial charge is 0.394 e. The first-order chi connectivity index (χ1) is 14.0. The van der Waals surface area contributed by atoms with E-state index < -0.39 is 5.82 Å². The Bertz CT molecular complexity index is 1240. The van der Waals surface area contributed by atoms with Gasteiger partial charge in [-0.1, -0.05) is 11.8 Å². The van der Waals surface area contributed by atoms with Gasteiger partial charge in [0.2, 0.25) is 0 Å². The molecule has 0 unspecified atom stereocenters. The van der Waals surface area contributed by atoms with Crippen LogP contribution in [0.1, 0.15) is 24.2 Å². The Kier molecular flexibility index (Phi) is 5.05. The first-order valence-electron chi connectivity index (χ1n) is 8.88. The standard InChI is InChI=1S/C20H17FN6OS/c1-12(11-28)27-13(2)16(9-25-27)14-6-18(29-20-17(21)4-3-5-23-20)19-15(7-22)8-24-26(19)10-14/h3-6,8-10,12,28H,11H2,1-2H3/t12-/m1/s1. The fraction of sp³-hybridized carbons (Fsp3) is 0.200. The monoisotopic (exact) mass is 408 g/mol. The lowest BCUT2D eigenvalue weighted by molar-refractivity contribution is 0.228. The number of aromatic nitrogens is 5. The summed E-state index contributed by atoms with van der Waals surface area (Å²) in [5.74, 6) is -0.431. The maximum Gasteiger partial charge on any atom is 0.155 e. The minimum Gasteiger partial charge on any atom is -0.394 e. The number of fused-ring (bicyclic) bond motifs is 1. The van der Waals surface area contributed by atoms with Gasteiger partial charge in [0.25, 0.3) is 0 Å². The van der Waals surface area contributed by atoms with E-state index in [-0.39, 0.29) is 17.7 Å². The summed E-state index contributed by atoms with van der Waals surface area (Å²) in [6.07, 6.45) is 6.56. The highest BCUT2D eigenvalue weighted by atomic mass is 32.2. The van der Waals surface area contributed by atoms with Gasteiger partial charge in [0, 0.05) is 34.1 Å². The lowest BCUT2D eigenvalue weighted by Gasteiger charge is -2.12. The molecule has 0 amide bonds. The summed E-state index contributed by atoms with van der Waals surface area (Å²) in [4.78, 5) is 4.77. The van der Waals surface area contributed by atoms with Gasteiger partial charge in [0.05, 0.1) is 36.1 Å². The molecule has 1 atom stereocenters. The number of aliphatic hydroxyl groups is 1. The van der Waals surface area contributed by atoms with Gasteiger partial charge in [-0.2, -0.15) is 15.5 Å². The molecule has 4 aromatic rings. The Hall–Kier alpha value is -3.22. The van der Waals surface area contributed by atoms with Gasteiger partial charge in [0.15, 0.2) is 5.82 Å². The summed E-state index contributed by atoms with van der Waals surface area (Å²) in [6, 6.07) is 6.75. The van der Waals surface area contributed by atoms with Gasteiger partial charge in [-0.25, -0.2) is 13.9 Å². The van der Waals surface area contributed by atoms with Crippen LogP contribution in [0.4, 0.5) is 4.39 Å². The van der Waals surface area contributed by atoms with Crippen LogP contribution in [-0.4, -0.2) is 36.1 Å². The second-order valence-corrected chi connectivity index (χ2v) is 7.60. The summed E-state index contributed by atoms with van der Waals surface area (Å²) >= 11 is 1.14. The third-order valence-corrected chi connectivity index (χ3v) is 5.69. The van der Waals surface area contributed by atoms with E-state index in [4.69, 9.17) is 0 Å². The van der Waals surface area contributed by atoms with Crippen LogP contribution in [0.2, 0.25) is 0 Å². The Morgan fingerprint density at radius 3 is 2.90 bits per heavy atom.